The Kier molecular flexibility index (Phi) is 3.73. The minimum Gasteiger partial charge on any atom is -0.454 e. The molecule has 21 heavy (non-hydrogen) atoms. The fourth-order valence-corrected chi connectivity index (χ4v) is 2.15. The molecule has 0 saturated heterocycles. The van der Waals surface area contributed by atoms with E-state index in [4.69, 9.17) is 9.47 Å². The summed E-state index contributed by atoms with van der Waals surface area (Å²) >= 11 is 0. The minimum atomic E-state index is -0.284. The second kappa shape index (κ2) is 5.83. The fourth-order valence-electron chi connectivity index (χ4n) is 2.15. The molecule has 1 N–H and O–H groups in total. The Balaban J connectivity index is 1.58. The molecular formula is C16H14FNO3. The average molecular weight is 287 g/mol. The van der Waals surface area contributed by atoms with Gasteiger partial charge >= 0.3 is 0 Å². The SMILES string of the molecule is O=C(CCc1ccccc1F)Nc1ccc2c(c1)OCO2. The zero-order chi connectivity index (χ0) is 14.7. The van der Waals surface area contributed by atoms with Crippen molar-refractivity contribution in [2.45, 2.75) is 12.8 Å². The normalized spacial score (nSPS) is 12.2. The van der Waals surface area contributed by atoms with Crippen LogP contribution in [0.15, 0.2) is 42.5 Å². The third kappa shape index (κ3) is 3.13. The van der Waals surface area contributed by atoms with Gasteiger partial charge in [0.2, 0.25) is 12.7 Å². The highest BCUT2D eigenvalue weighted by Gasteiger charge is 2.14. The molecular weight excluding hydrogens is 273 g/mol. The van der Waals surface area contributed by atoms with Crippen LogP contribution < -0.4 is 14.8 Å². The Morgan fingerprint density at radius 2 is 1.95 bits per heavy atom. The van der Waals surface area contributed by atoms with Crippen molar-refractivity contribution in [2.75, 3.05) is 12.1 Å². The van der Waals surface area contributed by atoms with E-state index < -0.39 is 0 Å². The number of fused-ring (bicyclic) bond motifs is 1. The van der Waals surface area contributed by atoms with Crippen molar-refractivity contribution in [1.82, 2.24) is 0 Å². The highest BCUT2D eigenvalue weighted by molar-refractivity contribution is 5.91. The molecule has 2 aromatic rings. The molecule has 2 aromatic carbocycles. The molecule has 0 fully saturated rings. The van der Waals surface area contributed by atoms with Crippen molar-refractivity contribution in [3.05, 3.63) is 53.8 Å². The number of hydrogen-bond acceptors (Lipinski definition) is 3. The maximum absolute atomic E-state index is 13.5. The standard InChI is InChI=1S/C16H14FNO3/c17-13-4-2-1-3-11(13)5-8-16(19)18-12-6-7-14-15(9-12)21-10-20-14/h1-4,6-7,9H,5,8,10H2,(H,18,19). The van der Waals surface area contributed by atoms with Crippen LogP contribution in [0.1, 0.15) is 12.0 Å². The number of aryl methyl sites for hydroxylation is 1. The van der Waals surface area contributed by atoms with Crippen LogP contribution in [0.3, 0.4) is 0 Å². The molecule has 1 heterocycles. The van der Waals surface area contributed by atoms with Crippen LogP contribution in [0.2, 0.25) is 0 Å². The molecule has 4 nitrogen and oxygen atoms in total. The molecule has 0 saturated carbocycles. The summed E-state index contributed by atoms with van der Waals surface area (Å²) in [4.78, 5) is 11.9. The van der Waals surface area contributed by atoms with Crippen molar-refractivity contribution in [1.29, 1.82) is 0 Å². The van der Waals surface area contributed by atoms with Crippen LogP contribution in [0.4, 0.5) is 10.1 Å². The first kappa shape index (κ1) is 13.4. The van der Waals surface area contributed by atoms with Gasteiger partial charge in [0.1, 0.15) is 5.82 Å². The summed E-state index contributed by atoms with van der Waals surface area (Å²) in [7, 11) is 0. The summed E-state index contributed by atoms with van der Waals surface area (Å²) in [5.41, 5.74) is 1.18. The van der Waals surface area contributed by atoms with Crippen molar-refractivity contribution in [3.63, 3.8) is 0 Å². The summed E-state index contributed by atoms with van der Waals surface area (Å²) in [5.74, 6) is 0.826. The van der Waals surface area contributed by atoms with Crippen molar-refractivity contribution in [2.24, 2.45) is 0 Å². The number of benzene rings is 2. The van der Waals surface area contributed by atoms with Gasteiger partial charge in [-0.1, -0.05) is 18.2 Å². The molecule has 0 unspecified atom stereocenters. The van der Waals surface area contributed by atoms with Gasteiger partial charge in [0.25, 0.3) is 0 Å². The van der Waals surface area contributed by atoms with E-state index >= 15 is 0 Å². The number of carbonyl (C=O) groups excluding carboxylic acids is 1. The van der Waals surface area contributed by atoms with E-state index in [9.17, 15) is 9.18 Å². The number of ether oxygens (including phenoxy) is 2. The van der Waals surface area contributed by atoms with Gasteiger partial charge in [-0.15, -0.1) is 0 Å². The van der Waals surface area contributed by atoms with Gasteiger partial charge < -0.3 is 14.8 Å². The largest absolute Gasteiger partial charge is 0.454 e. The van der Waals surface area contributed by atoms with E-state index in [1.54, 1.807) is 36.4 Å². The van der Waals surface area contributed by atoms with Crippen molar-refractivity contribution < 1.29 is 18.7 Å². The molecule has 0 bridgehead atoms. The van der Waals surface area contributed by atoms with Crippen LogP contribution in [0.5, 0.6) is 11.5 Å². The van der Waals surface area contributed by atoms with Crippen LogP contribution in [0.25, 0.3) is 0 Å². The first-order valence-electron chi connectivity index (χ1n) is 6.65. The number of rotatable bonds is 4. The van der Waals surface area contributed by atoms with E-state index in [0.717, 1.165) is 0 Å². The maximum Gasteiger partial charge on any atom is 0.231 e. The lowest BCUT2D eigenvalue weighted by Gasteiger charge is -2.06. The zero-order valence-corrected chi connectivity index (χ0v) is 11.3. The second-order valence-corrected chi connectivity index (χ2v) is 4.71. The fraction of sp³-hybridized carbons (Fsp3) is 0.188. The van der Waals surface area contributed by atoms with E-state index in [2.05, 4.69) is 5.32 Å². The van der Waals surface area contributed by atoms with Crippen LogP contribution in [0, 0.1) is 5.82 Å². The first-order valence-corrected chi connectivity index (χ1v) is 6.65. The van der Waals surface area contributed by atoms with Gasteiger partial charge in [-0.05, 0) is 30.2 Å². The maximum atomic E-state index is 13.5. The molecule has 0 aromatic heterocycles. The molecule has 3 rings (SSSR count). The predicted octanol–water partition coefficient (Wildman–Crippen LogP) is 3.13. The Bertz CT molecular complexity index is 672. The molecule has 1 amide bonds. The molecule has 0 atom stereocenters. The Morgan fingerprint density at radius 3 is 2.81 bits per heavy atom. The second-order valence-electron chi connectivity index (χ2n) is 4.71. The van der Waals surface area contributed by atoms with Crippen molar-refractivity contribution >= 4 is 11.6 Å². The molecule has 0 aliphatic carbocycles. The quantitative estimate of drug-likeness (QED) is 0.939. The summed E-state index contributed by atoms with van der Waals surface area (Å²) in [6.07, 6.45) is 0.582. The Morgan fingerprint density at radius 1 is 1.14 bits per heavy atom. The summed E-state index contributed by atoms with van der Waals surface area (Å²) in [5, 5.41) is 2.76. The average Bonchev–Trinajstić information content (AvgIpc) is 2.94. The van der Waals surface area contributed by atoms with Gasteiger partial charge in [0.05, 0.1) is 0 Å². The van der Waals surface area contributed by atoms with Crippen LogP contribution >= 0.6 is 0 Å². The number of anilines is 1. The highest BCUT2D eigenvalue weighted by atomic mass is 19.1. The molecule has 5 heteroatoms. The van der Waals surface area contributed by atoms with E-state index in [0.29, 0.717) is 29.2 Å². The number of carbonyl (C=O) groups is 1. The van der Waals surface area contributed by atoms with Crippen LogP contribution in [-0.4, -0.2) is 12.7 Å². The lowest BCUT2D eigenvalue weighted by atomic mass is 10.1. The monoisotopic (exact) mass is 287 g/mol. The van der Waals surface area contributed by atoms with Gasteiger partial charge in [-0.3, -0.25) is 4.79 Å². The number of amides is 1. The van der Waals surface area contributed by atoms with Gasteiger partial charge in [0.15, 0.2) is 11.5 Å². The number of halogens is 1. The molecule has 1 aliphatic heterocycles. The third-order valence-corrected chi connectivity index (χ3v) is 3.24. The minimum absolute atomic E-state index is 0.169. The molecule has 108 valence electrons. The van der Waals surface area contributed by atoms with Gasteiger partial charge in [0, 0.05) is 18.2 Å². The topological polar surface area (TPSA) is 47.6 Å². The Labute approximate surface area is 121 Å². The highest BCUT2D eigenvalue weighted by Crippen LogP contribution is 2.34. The molecule has 1 aliphatic rings. The predicted molar refractivity (Wildman–Crippen MR) is 75.9 cm³/mol. The van der Waals surface area contributed by atoms with Crippen LogP contribution in [-0.2, 0) is 11.2 Å². The van der Waals surface area contributed by atoms with Gasteiger partial charge in [-0.2, -0.15) is 0 Å². The lowest BCUT2D eigenvalue weighted by molar-refractivity contribution is -0.116. The van der Waals surface area contributed by atoms with E-state index in [1.165, 1.54) is 6.07 Å². The number of hydrogen-bond donors (Lipinski definition) is 1. The summed E-state index contributed by atoms with van der Waals surface area (Å²) < 4.78 is 23.9. The zero-order valence-electron chi connectivity index (χ0n) is 11.3. The molecule has 0 spiro atoms. The molecule has 0 radical (unpaired) electrons. The van der Waals surface area contributed by atoms with E-state index in [-0.39, 0.29) is 24.9 Å². The lowest BCUT2D eigenvalue weighted by Crippen LogP contribution is -2.12. The van der Waals surface area contributed by atoms with Gasteiger partial charge in [-0.25, -0.2) is 4.39 Å². The third-order valence-electron chi connectivity index (χ3n) is 3.24. The van der Waals surface area contributed by atoms with E-state index in [1.807, 2.05) is 0 Å². The summed E-state index contributed by atoms with van der Waals surface area (Å²) in [6.45, 7) is 0.194. The smallest absolute Gasteiger partial charge is 0.231 e. The number of nitrogens with one attached hydrogen (secondary N) is 1. The van der Waals surface area contributed by atoms with Crippen molar-refractivity contribution in [3.8, 4) is 11.5 Å². The first-order chi connectivity index (χ1) is 10.2. The summed E-state index contributed by atoms with van der Waals surface area (Å²) in [6, 6.07) is 11.7. The Hall–Kier alpha value is -2.56.